The summed E-state index contributed by atoms with van der Waals surface area (Å²) < 4.78 is 5.22. The van der Waals surface area contributed by atoms with Gasteiger partial charge in [-0.05, 0) is 60.2 Å². The second kappa shape index (κ2) is 9.11. The van der Waals surface area contributed by atoms with Gasteiger partial charge in [0, 0.05) is 12.1 Å². The molecule has 0 aliphatic rings. The maximum atomic E-state index is 12.2. The van der Waals surface area contributed by atoms with Gasteiger partial charge >= 0.3 is 11.9 Å². The van der Waals surface area contributed by atoms with Crippen LogP contribution in [0.2, 0.25) is 0 Å². The number of non-ortho nitro benzene ring substituents is 1. The Balaban J connectivity index is 1.58. The number of hydrogen-bond donors (Lipinski definition) is 2. The Bertz CT molecular complexity index is 1110. The van der Waals surface area contributed by atoms with E-state index in [4.69, 9.17) is 9.84 Å². The van der Waals surface area contributed by atoms with Crippen LogP contribution in [0, 0.1) is 10.1 Å². The molecule has 0 saturated heterocycles. The highest BCUT2D eigenvalue weighted by atomic mass is 16.6. The summed E-state index contributed by atoms with van der Waals surface area (Å²) in [5.74, 6) is -1.43. The Hall–Kier alpha value is -4.53. The Morgan fingerprint density at radius 2 is 1.70 bits per heavy atom. The molecule has 0 aliphatic carbocycles. The molecule has 3 aromatic rings. The van der Waals surface area contributed by atoms with Crippen LogP contribution in [0.3, 0.4) is 0 Å². The van der Waals surface area contributed by atoms with Crippen molar-refractivity contribution in [2.45, 2.75) is 0 Å². The third kappa shape index (κ3) is 5.26. The summed E-state index contributed by atoms with van der Waals surface area (Å²) in [6.45, 7) is 0. The van der Waals surface area contributed by atoms with E-state index >= 15 is 0 Å². The quantitative estimate of drug-likeness (QED) is 0.200. The van der Waals surface area contributed by atoms with E-state index in [1.807, 2.05) is 0 Å². The lowest BCUT2D eigenvalue weighted by Gasteiger charge is -2.05. The number of nitro benzene ring substituents is 1. The molecule has 0 aromatic heterocycles. The number of benzene rings is 3. The second-order valence-electron chi connectivity index (χ2n) is 6.02. The standard InChI is InChI=1S/C21H15N3O6/c25-20(26)15-6-8-17(9-7-15)23-22-13-14-4-10-19(11-5-14)30-21(27)16-2-1-3-18(12-16)24(28)29/h1-13,23H,(H,25,26)/b22-13+. The van der Waals surface area contributed by atoms with Gasteiger partial charge in [-0.2, -0.15) is 5.10 Å². The Morgan fingerprint density at radius 3 is 2.33 bits per heavy atom. The molecule has 0 unspecified atom stereocenters. The summed E-state index contributed by atoms with van der Waals surface area (Å²) in [4.78, 5) is 33.2. The number of hydrazone groups is 1. The van der Waals surface area contributed by atoms with Crippen LogP contribution in [0.5, 0.6) is 5.75 Å². The van der Waals surface area contributed by atoms with Crippen LogP contribution in [0.4, 0.5) is 11.4 Å². The van der Waals surface area contributed by atoms with Gasteiger partial charge in [0.1, 0.15) is 5.75 Å². The number of carbonyl (C=O) groups excluding carboxylic acids is 1. The zero-order chi connectivity index (χ0) is 21.5. The van der Waals surface area contributed by atoms with Gasteiger partial charge in [0.25, 0.3) is 5.69 Å². The van der Waals surface area contributed by atoms with E-state index < -0.39 is 16.9 Å². The molecule has 0 radical (unpaired) electrons. The van der Waals surface area contributed by atoms with E-state index in [0.717, 1.165) is 11.6 Å². The number of aromatic carboxylic acids is 1. The number of nitrogens with zero attached hydrogens (tertiary/aromatic N) is 2. The van der Waals surface area contributed by atoms with Crippen molar-refractivity contribution in [1.82, 2.24) is 0 Å². The molecule has 0 heterocycles. The average Bonchev–Trinajstić information content (AvgIpc) is 2.75. The Labute approximate surface area is 170 Å². The van der Waals surface area contributed by atoms with Crippen LogP contribution in [0.25, 0.3) is 0 Å². The van der Waals surface area contributed by atoms with Crippen molar-refractivity contribution in [2.75, 3.05) is 5.43 Å². The normalized spacial score (nSPS) is 10.5. The van der Waals surface area contributed by atoms with Gasteiger partial charge in [-0.25, -0.2) is 9.59 Å². The smallest absolute Gasteiger partial charge is 0.343 e. The zero-order valence-corrected chi connectivity index (χ0v) is 15.4. The molecule has 3 rings (SSSR count). The highest BCUT2D eigenvalue weighted by Crippen LogP contribution is 2.17. The molecule has 0 fully saturated rings. The van der Waals surface area contributed by atoms with Crippen molar-refractivity contribution in [3.63, 3.8) is 0 Å². The minimum Gasteiger partial charge on any atom is -0.478 e. The summed E-state index contributed by atoms with van der Waals surface area (Å²) >= 11 is 0. The summed E-state index contributed by atoms with van der Waals surface area (Å²) in [5, 5.41) is 23.7. The van der Waals surface area contributed by atoms with Crippen molar-refractivity contribution in [3.8, 4) is 5.75 Å². The fourth-order valence-electron chi connectivity index (χ4n) is 2.40. The van der Waals surface area contributed by atoms with Gasteiger partial charge in [0.2, 0.25) is 0 Å². The van der Waals surface area contributed by atoms with Crippen LogP contribution in [0.15, 0.2) is 77.9 Å². The molecule has 150 valence electrons. The SMILES string of the molecule is O=C(O)c1ccc(N/N=C/c2ccc(OC(=O)c3cccc([N+](=O)[O-])c3)cc2)cc1. The molecule has 0 atom stereocenters. The maximum Gasteiger partial charge on any atom is 0.343 e. The number of carboxylic acid groups (broad SMARTS) is 1. The van der Waals surface area contributed by atoms with Gasteiger partial charge in [-0.15, -0.1) is 0 Å². The Kier molecular flexibility index (Phi) is 6.14. The lowest BCUT2D eigenvalue weighted by atomic mass is 10.2. The highest BCUT2D eigenvalue weighted by molar-refractivity contribution is 5.92. The molecule has 0 aliphatic heterocycles. The second-order valence-corrected chi connectivity index (χ2v) is 6.02. The summed E-state index contributed by atoms with van der Waals surface area (Å²) in [6, 6.07) is 17.9. The van der Waals surface area contributed by atoms with Crippen molar-refractivity contribution < 1.29 is 24.4 Å². The van der Waals surface area contributed by atoms with E-state index in [-0.39, 0.29) is 22.6 Å². The predicted octanol–water partition coefficient (Wildman–Crippen LogP) is 3.96. The van der Waals surface area contributed by atoms with Crippen molar-refractivity contribution >= 4 is 29.5 Å². The fourth-order valence-corrected chi connectivity index (χ4v) is 2.40. The van der Waals surface area contributed by atoms with E-state index in [2.05, 4.69) is 10.5 Å². The van der Waals surface area contributed by atoms with E-state index in [1.165, 1.54) is 36.5 Å². The van der Waals surface area contributed by atoms with Crippen LogP contribution < -0.4 is 10.2 Å². The lowest BCUT2D eigenvalue weighted by molar-refractivity contribution is -0.384. The first-order chi connectivity index (χ1) is 14.4. The number of carbonyl (C=O) groups is 2. The van der Waals surface area contributed by atoms with E-state index in [0.29, 0.717) is 5.69 Å². The maximum absolute atomic E-state index is 12.2. The van der Waals surface area contributed by atoms with Crippen LogP contribution >= 0.6 is 0 Å². The van der Waals surface area contributed by atoms with Gasteiger partial charge in [-0.3, -0.25) is 15.5 Å². The molecule has 3 aromatic carbocycles. The topological polar surface area (TPSA) is 131 Å². The van der Waals surface area contributed by atoms with Crippen molar-refractivity contribution in [1.29, 1.82) is 0 Å². The summed E-state index contributed by atoms with van der Waals surface area (Å²) in [5.41, 5.74) is 4.19. The van der Waals surface area contributed by atoms with Crippen LogP contribution in [-0.4, -0.2) is 28.2 Å². The van der Waals surface area contributed by atoms with Gasteiger partial charge in [-0.1, -0.05) is 6.07 Å². The number of esters is 1. The predicted molar refractivity (Wildman–Crippen MR) is 109 cm³/mol. The number of carboxylic acids is 1. The molecule has 2 N–H and O–H groups in total. The third-order valence-corrected chi connectivity index (χ3v) is 3.92. The number of anilines is 1. The molecule has 0 saturated carbocycles. The van der Waals surface area contributed by atoms with Crippen molar-refractivity contribution in [2.24, 2.45) is 5.10 Å². The molecule has 30 heavy (non-hydrogen) atoms. The third-order valence-electron chi connectivity index (χ3n) is 3.92. The average molecular weight is 405 g/mol. The minimum atomic E-state index is -1.00. The fraction of sp³-hybridized carbons (Fsp3) is 0. The molecular formula is C21H15N3O6. The van der Waals surface area contributed by atoms with E-state index in [9.17, 15) is 19.7 Å². The first-order valence-corrected chi connectivity index (χ1v) is 8.61. The lowest BCUT2D eigenvalue weighted by Crippen LogP contribution is -2.08. The molecule has 9 nitrogen and oxygen atoms in total. The first kappa shape index (κ1) is 20.2. The van der Waals surface area contributed by atoms with Crippen molar-refractivity contribution in [3.05, 3.63) is 99.6 Å². The summed E-state index contributed by atoms with van der Waals surface area (Å²) in [6.07, 6.45) is 1.54. The number of nitro groups is 1. The van der Waals surface area contributed by atoms with Gasteiger partial charge in [0.05, 0.1) is 28.0 Å². The van der Waals surface area contributed by atoms with Gasteiger partial charge < -0.3 is 9.84 Å². The highest BCUT2D eigenvalue weighted by Gasteiger charge is 2.13. The molecule has 9 heteroatoms. The number of rotatable bonds is 7. The molecular weight excluding hydrogens is 390 g/mol. The van der Waals surface area contributed by atoms with E-state index in [1.54, 1.807) is 36.4 Å². The molecule has 0 amide bonds. The number of hydrogen-bond acceptors (Lipinski definition) is 7. The molecule has 0 bridgehead atoms. The van der Waals surface area contributed by atoms with Crippen LogP contribution in [0.1, 0.15) is 26.3 Å². The van der Waals surface area contributed by atoms with Gasteiger partial charge in [0.15, 0.2) is 0 Å². The first-order valence-electron chi connectivity index (χ1n) is 8.61. The largest absolute Gasteiger partial charge is 0.478 e. The number of nitrogens with one attached hydrogen (secondary N) is 1. The molecule has 0 spiro atoms. The zero-order valence-electron chi connectivity index (χ0n) is 15.4. The minimum absolute atomic E-state index is 0.0768. The van der Waals surface area contributed by atoms with Crippen LogP contribution in [-0.2, 0) is 0 Å². The number of ether oxygens (including phenoxy) is 1. The monoisotopic (exact) mass is 405 g/mol. The Morgan fingerprint density at radius 1 is 1.00 bits per heavy atom. The summed E-state index contributed by atoms with van der Waals surface area (Å²) in [7, 11) is 0.